The maximum absolute atomic E-state index is 11.5. The van der Waals surface area contributed by atoms with Crippen molar-refractivity contribution in [1.29, 1.82) is 0 Å². The minimum absolute atomic E-state index is 0.151. The van der Waals surface area contributed by atoms with E-state index in [0.29, 0.717) is 0 Å². The molecule has 9 heteroatoms. The predicted molar refractivity (Wildman–Crippen MR) is 73.0 cm³/mol. The van der Waals surface area contributed by atoms with Crippen molar-refractivity contribution in [3.05, 3.63) is 22.2 Å². The Morgan fingerprint density at radius 2 is 2.10 bits per heavy atom. The van der Waals surface area contributed by atoms with Crippen LogP contribution < -0.4 is 16.6 Å². The molecule has 0 saturated carbocycles. The van der Waals surface area contributed by atoms with Crippen LogP contribution in [0.3, 0.4) is 0 Å². The van der Waals surface area contributed by atoms with Crippen LogP contribution >= 0.6 is 0 Å². The number of hydrazine groups is 1. The van der Waals surface area contributed by atoms with Crippen molar-refractivity contribution >= 4 is 23.3 Å². The van der Waals surface area contributed by atoms with Gasteiger partial charge in [0.15, 0.2) is 0 Å². The topological polar surface area (TPSA) is 132 Å². The molecule has 0 amide bonds. The van der Waals surface area contributed by atoms with E-state index in [0.717, 1.165) is 0 Å². The number of nitrogens with two attached hydrogens (primary N) is 1. The van der Waals surface area contributed by atoms with Gasteiger partial charge in [0.2, 0.25) is 0 Å². The van der Waals surface area contributed by atoms with Gasteiger partial charge >= 0.3 is 5.97 Å². The molecule has 0 fully saturated rings. The summed E-state index contributed by atoms with van der Waals surface area (Å²) >= 11 is 0. The summed E-state index contributed by atoms with van der Waals surface area (Å²) in [5, 5.41) is 13.6. The average Bonchev–Trinajstić information content (AvgIpc) is 2.43. The molecule has 0 saturated heterocycles. The molecule has 9 nitrogen and oxygen atoms in total. The molecule has 1 aromatic rings. The normalized spacial score (nSPS) is 10.8. The Labute approximate surface area is 115 Å². The van der Waals surface area contributed by atoms with E-state index >= 15 is 0 Å². The van der Waals surface area contributed by atoms with E-state index in [1.807, 2.05) is 0 Å². The molecule has 0 aromatic carbocycles. The van der Waals surface area contributed by atoms with Crippen LogP contribution in [0.1, 0.15) is 13.8 Å². The second-order valence-electron chi connectivity index (χ2n) is 4.73. The highest BCUT2D eigenvalue weighted by atomic mass is 16.6. The minimum Gasteiger partial charge on any atom is -0.469 e. The van der Waals surface area contributed by atoms with Crippen molar-refractivity contribution in [3.63, 3.8) is 0 Å². The summed E-state index contributed by atoms with van der Waals surface area (Å²) < 4.78 is 4.67. The Bertz CT molecular complexity index is 518. The van der Waals surface area contributed by atoms with Gasteiger partial charge in [0.25, 0.3) is 5.69 Å². The van der Waals surface area contributed by atoms with E-state index in [4.69, 9.17) is 5.84 Å². The molecule has 1 rings (SSSR count). The fraction of sp³-hybridized carbons (Fsp3) is 0.455. The summed E-state index contributed by atoms with van der Waals surface area (Å²) in [7, 11) is 1.30. The van der Waals surface area contributed by atoms with Crippen molar-refractivity contribution in [2.75, 3.05) is 24.4 Å². The number of aromatic nitrogens is 1. The zero-order valence-corrected chi connectivity index (χ0v) is 11.5. The zero-order valence-electron chi connectivity index (χ0n) is 11.5. The number of carbonyl (C=O) groups is 1. The number of rotatable bonds is 6. The van der Waals surface area contributed by atoms with Gasteiger partial charge in [-0.15, -0.1) is 0 Å². The van der Waals surface area contributed by atoms with Crippen LogP contribution in [0, 0.1) is 15.5 Å². The highest BCUT2D eigenvalue weighted by Gasteiger charge is 2.28. The molecule has 0 spiro atoms. The largest absolute Gasteiger partial charge is 0.469 e. The lowest BCUT2D eigenvalue weighted by molar-refractivity contribution is -0.384. The van der Waals surface area contributed by atoms with Crippen LogP contribution in [0.2, 0.25) is 0 Å². The number of nitrogens with one attached hydrogen (secondary N) is 2. The third-order valence-electron chi connectivity index (χ3n) is 2.62. The van der Waals surface area contributed by atoms with Gasteiger partial charge < -0.3 is 15.5 Å². The maximum Gasteiger partial charge on any atom is 0.313 e. The third-order valence-corrected chi connectivity index (χ3v) is 2.62. The molecule has 0 aliphatic carbocycles. The van der Waals surface area contributed by atoms with Gasteiger partial charge in [-0.2, -0.15) is 0 Å². The van der Waals surface area contributed by atoms with Crippen LogP contribution in [0.5, 0.6) is 0 Å². The standard InChI is InChI=1S/C11H17N5O4/c1-11(2,10(17)20-3)6-13-8-4-7(16(18)19)5-9(14-8)15-12/h4-5H,6,12H2,1-3H3,(H2,13,14,15). The number of methoxy groups -OCH3 is 1. The van der Waals surface area contributed by atoms with Gasteiger partial charge in [-0.25, -0.2) is 10.8 Å². The van der Waals surface area contributed by atoms with Gasteiger partial charge in [0.1, 0.15) is 11.6 Å². The second kappa shape index (κ2) is 6.15. The van der Waals surface area contributed by atoms with Crippen LogP contribution in [0.25, 0.3) is 0 Å². The van der Waals surface area contributed by atoms with Gasteiger partial charge in [-0.1, -0.05) is 0 Å². The van der Waals surface area contributed by atoms with Gasteiger partial charge in [0.05, 0.1) is 29.6 Å². The number of pyridine rings is 1. The third kappa shape index (κ3) is 3.79. The van der Waals surface area contributed by atoms with Crippen molar-refractivity contribution < 1.29 is 14.5 Å². The summed E-state index contributed by atoms with van der Waals surface area (Å²) in [4.78, 5) is 25.8. The van der Waals surface area contributed by atoms with Gasteiger partial charge in [-0.3, -0.25) is 14.9 Å². The van der Waals surface area contributed by atoms with E-state index < -0.39 is 16.3 Å². The van der Waals surface area contributed by atoms with E-state index in [2.05, 4.69) is 20.5 Å². The molecule has 0 atom stereocenters. The maximum atomic E-state index is 11.5. The molecule has 0 aliphatic heterocycles. The number of esters is 1. The first-order chi connectivity index (χ1) is 9.30. The summed E-state index contributed by atoms with van der Waals surface area (Å²) in [5.41, 5.74) is 1.29. The first-order valence-electron chi connectivity index (χ1n) is 5.75. The smallest absolute Gasteiger partial charge is 0.313 e. The number of nitrogen functional groups attached to an aromatic ring is 1. The Hall–Kier alpha value is -2.42. The van der Waals surface area contributed by atoms with Crippen LogP contribution in [-0.4, -0.2) is 29.5 Å². The minimum atomic E-state index is -0.794. The lowest BCUT2D eigenvalue weighted by atomic mass is 9.94. The van der Waals surface area contributed by atoms with E-state index in [-0.39, 0.29) is 23.9 Å². The van der Waals surface area contributed by atoms with Crippen LogP contribution in [-0.2, 0) is 9.53 Å². The molecule has 0 bridgehead atoms. The second-order valence-corrected chi connectivity index (χ2v) is 4.73. The number of hydrogen-bond donors (Lipinski definition) is 3. The average molecular weight is 283 g/mol. The molecule has 0 unspecified atom stereocenters. The molecule has 1 heterocycles. The zero-order chi connectivity index (χ0) is 15.3. The first kappa shape index (κ1) is 15.6. The Morgan fingerprint density at radius 3 is 2.60 bits per heavy atom. The number of nitrogens with zero attached hydrogens (tertiary/aromatic N) is 2. The number of ether oxygens (including phenoxy) is 1. The molecule has 0 aliphatic rings. The fourth-order valence-electron chi connectivity index (χ4n) is 1.45. The Morgan fingerprint density at radius 1 is 1.50 bits per heavy atom. The lowest BCUT2D eigenvalue weighted by Crippen LogP contribution is -2.33. The van der Waals surface area contributed by atoms with Gasteiger partial charge in [-0.05, 0) is 13.8 Å². The summed E-state index contributed by atoms with van der Waals surface area (Å²) in [6.45, 7) is 3.58. The first-order valence-corrected chi connectivity index (χ1v) is 5.75. The summed E-state index contributed by atoms with van der Waals surface area (Å²) in [6.07, 6.45) is 0. The lowest BCUT2D eigenvalue weighted by Gasteiger charge is -2.22. The van der Waals surface area contributed by atoms with Crippen molar-refractivity contribution in [2.24, 2.45) is 11.3 Å². The number of nitro groups is 1. The Kier molecular flexibility index (Phi) is 4.81. The fourth-order valence-corrected chi connectivity index (χ4v) is 1.45. The van der Waals surface area contributed by atoms with Crippen LogP contribution in [0.15, 0.2) is 12.1 Å². The molecule has 4 N–H and O–H groups in total. The highest BCUT2D eigenvalue weighted by Crippen LogP contribution is 2.22. The molecular weight excluding hydrogens is 266 g/mol. The summed E-state index contributed by atoms with van der Waals surface area (Å²) in [6, 6.07) is 2.46. The molecular formula is C11H17N5O4. The molecule has 110 valence electrons. The van der Waals surface area contributed by atoms with Crippen molar-refractivity contribution in [3.8, 4) is 0 Å². The predicted octanol–water partition coefficient (Wildman–Crippen LogP) is 0.886. The van der Waals surface area contributed by atoms with Gasteiger partial charge in [0, 0.05) is 6.54 Å². The molecule has 1 aromatic heterocycles. The molecule has 20 heavy (non-hydrogen) atoms. The number of anilines is 2. The van der Waals surface area contributed by atoms with Crippen LogP contribution in [0.4, 0.5) is 17.3 Å². The van der Waals surface area contributed by atoms with Crippen molar-refractivity contribution in [2.45, 2.75) is 13.8 Å². The van der Waals surface area contributed by atoms with E-state index in [9.17, 15) is 14.9 Å². The Balaban J connectivity index is 2.90. The van der Waals surface area contributed by atoms with E-state index in [1.54, 1.807) is 13.8 Å². The summed E-state index contributed by atoms with van der Waals surface area (Å²) in [5.74, 6) is 5.20. The monoisotopic (exact) mass is 283 g/mol. The number of hydrogen-bond acceptors (Lipinski definition) is 8. The van der Waals surface area contributed by atoms with Crippen molar-refractivity contribution in [1.82, 2.24) is 4.98 Å². The quantitative estimate of drug-likeness (QED) is 0.303. The highest BCUT2D eigenvalue weighted by molar-refractivity contribution is 5.76. The number of carbonyl (C=O) groups excluding carboxylic acids is 1. The SMILES string of the molecule is COC(=O)C(C)(C)CNc1cc([N+](=O)[O-])cc(NN)n1. The molecule has 0 radical (unpaired) electrons. The van der Waals surface area contributed by atoms with E-state index in [1.165, 1.54) is 19.2 Å².